The number of nitrogens with zero attached hydrogens (tertiary/aromatic N) is 2. The molecule has 0 spiro atoms. The predicted octanol–water partition coefficient (Wildman–Crippen LogP) is 3.17. The molecule has 0 bridgehead atoms. The Morgan fingerprint density at radius 3 is 2.42 bits per heavy atom. The van der Waals surface area contributed by atoms with E-state index in [1.807, 2.05) is 0 Å². The summed E-state index contributed by atoms with van der Waals surface area (Å²) >= 11 is 0. The summed E-state index contributed by atoms with van der Waals surface area (Å²) < 4.78 is 26.9. The molecule has 0 radical (unpaired) electrons. The van der Waals surface area contributed by atoms with Crippen molar-refractivity contribution in [3.05, 3.63) is 82.4 Å². The van der Waals surface area contributed by atoms with E-state index in [-0.39, 0.29) is 29.5 Å². The van der Waals surface area contributed by atoms with Gasteiger partial charge in [-0.2, -0.15) is 4.31 Å². The van der Waals surface area contributed by atoms with E-state index in [1.165, 1.54) is 59.8 Å². The summed E-state index contributed by atoms with van der Waals surface area (Å²) in [5.74, 6) is -0.159. The number of sulfonamides is 1. The van der Waals surface area contributed by atoms with Gasteiger partial charge in [0.15, 0.2) is 5.78 Å². The number of hydrogen-bond donors (Lipinski definition) is 0. The van der Waals surface area contributed by atoms with Crippen LogP contribution >= 0.6 is 0 Å². The van der Waals surface area contributed by atoms with Crippen molar-refractivity contribution in [2.75, 3.05) is 6.54 Å². The van der Waals surface area contributed by atoms with Crippen LogP contribution in [0.1, 0.15) is 22.8 Å². The van der Waals surface area contributed by atoms with Crippen LogP contribution in [0, 0.1) is 10.1 Å². The summed E-state index contributed by atoms with van der Waals surface area (Å²) in [4.78, 5) is 21.7. The van der Waals surface area contributed by atoms with Crippen LogP contribution in [0.5, 0.6) is 0 Å². The number of nitro benzene ring substituents is 1. The SMILES string of the molecule is C=CCN(Cc1cccc([N+](=O)[O-])c1)S(=O)(=O)c1ccc(C(C)=O)cc1. The Morgan fingerprint density at radius 1 is 1.23 bits per heavy atom. The second-order valence-corrected chi connectivity index (χ2v) is 7.53. The van der Waals surface area contributed by atoms with Crippen LogP contribution in [0.15, 0.2) is 66.1 Å². The van der Waals surface area contributed by atoms with Gasteiger partial charge in [-0.25, -0.2) is 8.42 Å². The Bertz CT molecular complexity index is 936. The van der Waals surface area contributed by atoms with Gasteiger partial charge in [0.1, 0.15) is 0 Å². The van der Waals surface area contributed by atoms with Crippen LogP contribution in [0.4, 0.5) is 5.69 Å². The van der Waals surface area contributed by atoms with Crippen molar-refractivity contribution in [3.8, 4) is 0 Å². The number of carbonyl (C=O) groups is 1. The summed E-state index contributed by atoms with van der Waals surface area (Å²) in [7, 11) is -3.86. The fraction of sp³-hybridized carbons (Fsp3) is 0.167. The predicted molar refractivity (Wildman–Crippen MR) is 97.3 cm³/mol. The zero-order valence-electron chi connectivity index (χ0n) is 14.2. The van der Waals surface area contributed by atoms with E-state index in [4.69, 9.17) is 0 Å². The smallest absolute Gasteiger partial charge is 0.269 e. The van der Waals surface area contributed by atoms with E-state index in [1.54, 1.807) is 6.07 Å². The largest absolute Gasteiger partial charge is 0.295 e. The highest BCUT2D eigenvalue weighted by Gasteiger charge is 2.24. The van der Waals surface area contributed by atoms with E-state index in [0.717, 1.165) is 0 Å². The highest BCUT2D eigenvalue weighted by molar-refractivity contribution is 7.89. The number of non-ortho nitro benzene ring substituents is 1. The molecule has 0 amide bonds. The van der Waals surface area contributed by atoms with Crippen molar-refractivity contribution in [3.63, 3.8) is 0 Å². The molecule has 0 aliphatic rings. The minimum absolute atomic E-state index is 0.0368. The molecule has 0 aliphatic heterocycles. The van der Waals surface area contributed by atoms with Crippen molar-refractivity contribution in [2.45, 2.75) is 18.4 Å². The molecule has 0 N–H and O–H groups in total. The number of rotatable bonds is 8. The van der Waals surface area contributed by atoms with Crippen molar-refractivity contribution in [1.82, 2.24) is 4.31 Å². The van der Waals surface area contributed by atoms with Crippen LogP contribution in [0.3, 0.4) is 0 Å². The van der Waals surface area contributed by atoms with Gasteiger partial charge in [-0.15, -0.1) is 6.58 Å². The molecule has 2 aromatic rings. The quantitative estimate of drug-likeness (QED) is 0.306. The molecular formula is C18H18N2O5S. The van der Waals surface area contributed by atoms with Crippen molar-refractivity contribution in [2.24, 2.45) is 0 Å². The maximum absolute atomic E-state index is 12.9. The van der Waals surface area contributed by atoms with Crippen LogP contribution in [0.2, 0.25) is 0 Å². The van der Waals surface area contributed by atoms with Gasteiger partial charge in [-0.1, -0.05) is 30.3 Å². The number of hydrogen-bond acceptors (Lipinski definition) is 5. The zero-order valence-corrected chi connectivity index (χ0v) is 15.0. The molecule has 8 heteroatoms. The highest BCUT2D eigenvalue weighted by Crippen LogP contribution is 2.21. The summed E-state index contributed by atoms with van der Waals surface area (Å²) in [6, 6.07) is 11.5. The molecule has 0 saturated heterocycles. The molecule has 2 rings (SSSR count). The Hall–Kier alpha value is -2.84. The number of benzene rings is 2. The third kappa shape index (κ3) is 4.41. The monoisotopic (exact) mass is 374 g/mol. The molecule has 2 aromatic carbocycles. The van der Waals surface area contributed by atoms with Gasteiger partial charge < -0.3 is 0 Å². The van der Waals surface area contributed by atoms with Crippen molar-refractivity contribution >= 4 is 21.5 Å². The average molecular weight is 374 g/mol. The molecular weight excluding hydrogens is 356 g/mol. The lowest BCUT2D eigenvalue weighted by molar-refractivity contribution is -0.384. The molecule has 26 heavy (non-hydrogen) atoms. The Balaban J connectivity index is 2.35. The fourth-order valence-electron chi connectivity index (χ4n) is 2.37. The molecule has 0 saturated carbocycles. The average Bonchev–Trinajstić information content (AvgIpc) is 2.61. The van der Waals surface area contributed by atoms with Gasteiger partial charge in [0.05, 0.1) is 9.82 Å². The Kier molecular flexibility index (Phi) is 6.01. The summed E-state index contributed by atoms with van der Waals surface area (Å²) in [6.07, 6.45) is 1.44. The van der Waals surface area contributed by atoms with Gasteiger partial charge in [0, 0.05) is 30.8 Å². The van der Waals surface area contributed by atoms with Crippen LogP contribution in [0.25, 0.3) is 0 Å². The maximum Gasteiger partial charge on any atom is 0.269 e. The maximum atomic E-state index is 12.9. The first-order valence-corrected chi connectivity index (χ1v) is 9.15. The minimum Gasteiger partial charge on any atom is -0.295 e. The van der Waals surface area contributed by atoms with Crippen molar-refractivity contribution in [1.29, 1.82) is 0 Å². The summed E-state index contributed by atoms with van der Waals surface area (Å²) in [5.41, 5.74) is 0.798. The van der Waals surface area contributed by atoms with E-state index in [9.17, 15) is 23.3 Å². The Morgan fingerprint density at radius 2 is 1.88 bits per heavy atom. The minimum atomic E-state index is -3.86. The summed E-state index contributed by atoms with van der Waals surface area (Å²) in [5, 5.41) is 10.9. The van der Waals surface area contributed by atoms with Gasteiger partial charge in [-0.3, -0.25) is 14.9 Å². The first-order chi connectivity index (χ1) is 12.3. The third-order valence-corrected chi connectivity index (χ3v) is 5.54. The van der Waals surface area contributed by atoms with Gasteiger partial charge in [0.25, 0.3) is 5.69 Å². The van der Waals surface area contributed by atoms with Gasteiger partial charge in [0.2, 0.25) is 10.0 Å². The van der Waals surface area contributed by atoms with Crippen LogP contribution in [-0.4, -0.2) is 30.0 Å². The molecule has 0 unspecified atom stereocenters. The number of Topliss-reactive ketones (excluding diaryl/α,β-unsaturated/α-hetero) is 1. The second kappa shape index (κ2) is 8.03. The first-order valence-electron chi connectivity index (χ1n) is 7.71. The van der Waals surface area contributed by atoms with Gasteiger partial charge >= 0.3 is 0 Å². The Labute approximate surface area is 151 Å². The summed E-state index contributed by atoms with van der Waals surface area (Å²) in [6.45, 7) is 4.98. The van der Waals surface area contributed by atoms with Gasteiger partial charge in [-0.05, 0) is 24.6 Å². The molecule has 0 atom stereocenters. The number of carbonyl (C=O) groups excluding carboxylic acids is 1. The van der Waals surface area contributed by atoms with E-state index < -0.39 is 14.9 Å². The highest BCUT2D eigenvalue weighted by atomic mass is 32.2. The molecule has 0 aromatic heterocycles. The first kappa shape index (κ1) is 19.5. The molecule has 0 aliphatic carbocycles. The topological polar surface area (TPSA) is 97.6 Å². The standard InChI is InChI=1S/C18H18N2O5S/c1-3-11-19(13-15-5-4-6-17(12-15)20(22)23)26(24,25)18-9-7-16(8-10-18)14(2)21/h3-10,12H,1,11,13H2,2H3. The number of ketones is 1. The zero-order chi connectivity index (χ0) is 19.3. The third-order valence-electron chi connectivity index (χ3n) is 3.71. The molecule has 7 nitrogen and oxygen atoms in total. The second-order valence-electron chi connectivity index (χ2n) is 5.59. The molecule has 136 valence electrons. The van der Waals surface area contributed by atoms with E-state index in [2.05, 4.69) is 6.58 Å². The van der Waals surface area contributed by atoms with Crippen molar-refractivity contribution < 1.29 is 18.1 Å². The lowest BCUT2D eigenvalue weighted by Gasteiger charge is -2.21. The fourth-order valence-corrected chi connectivity index (χ4v) is 3.77. The number of nitro groups is 1. The lowest BCUT2D eigenvalue weighted by Crippen LogP contribution is -2.30. The lowest BCUT2D eigenvalue weighted by atomic mass is 10.2. The van der Waals surface area contributed by atoms with Crippen LogP contribution < -0.4 is 0 Å². The molecule has 0 heterocycles. The van der Waals surface area contributed by atoms with Crippen LogP contribution in [-0.2, 0) is 16.6 Å². The normalized spacial score (nSPS) is 11.3. The molecule has 0 fully saturated rings. The van der Waals surface area contributed by atoms with E-state index >= 15 is 0 Å². The van der Waals surface area contributed by atoms with E-state index in [0.29, 0.717) is 11.1 Å².